The number of nitrogens with one attached hydrogen (secondary N) is 2. The highest BCUT2D eigenvalue weighted by Gasteiger charge is 1.99. The van der Waals surface area contributed by atoms with Crippen molar-refractivity contribution in [2.75, 3.05) is 6.54 Å². The molecule has 0 aliphatic rings. The third-order valence-electron chi connectivity index (χ3n) is 2.75. The van der Waals surface area contributed by atoms with Crippen molar-refractivity contribution in [3.8, 4) is 0 Å². The van der Waals surface area contributed by atoms with Crippen LogP contribution in [0.15, 0.2) is 30.5 Å². The van der Waals surface area contributed by atoms with E-state index >= 15 is 0 Å². The Hall–Kier alpha value is -1.68. The highest BCUT2D eigenvalue weighted by molar-refractivity contribution is 5.17. The lowest BCUT2D eigenvalue weighted by Gasteiger charge is -2.04. The van der Waals surface area contributed by atoms with Crippen LogP contribution in [0.2, 0.25) is 0 Å². The van der Waals surface area contributed by atoms with Crippen LogP contribution in [0.4, 0.5) is 4.39 Å². The van der Waals surface area contributed by atoms with Gasteiger partial charge in [0.15, 0.2) is 0 Å². The van der Waals surface area contributed by atoms with Crippen LogP contribution in [0, 0.1) is 12.7 Å². The molecule has 0 fully saturated rings. The third-order valence-corrected chi connectivity index (χ3v) is 2.75. The molecule has 0 aliphatic carbocycles. The van der Waals surface area contributed by atoms with Crippen LogP contribution in [0.25, 0.3) is 0 Å². The Balaban J connectivity index is 1.73. The molecule has 0 unspecified atom stereocenters. The predicted octanol–water partition coefficient (Wildman–Crippen LogP) is 2.19. The van der Waals surface area contributed by atoms with Gasteiger partial charge in [0.1, 0.15) is 5.82 Å². The van der Waals surface area contributed by atoms with Crippen LogP contribution in [-0.4, -0.2) is 16.7 Å². The SMILES string of the molecule is Cc1[nH]ncc1CNCCc1ccc(F)cc1. The van der Waals surface area contributed by atoms with Gasteiger partial charge in [0.05, 0.1) is 6.20 Å². The fourth-order valence-electron chi connectivity index (χ4n) is 1.66. The first-order valence-corrected chi connectivity index (χ1v) is 5.70. The molecule has 0 bridgehead atoms. The summed E-state index contributed by atoms with van der Waals surface area (Å²) in [6, 6.07) is 6.63. The molecule has 2 aromatic rings. The van der Waals surface area contributed by atoms with Crippen LogP contribution in [0.1, 0.15) is 16.8 Å². The summed E-state index contributed by atoms with van der Waals surface area (Å²) in [4.78, 5) is 0. The smallest absolute Gasteiger partial charge is 0.123 e. The zero-order chi connectivity index (χ0) is 12.1. The van der Waals surface area contributed by atoms with Crippen molar-refractivity contribution < 1.29 is 4.39 Å². The van der Waals surface area contributed by atoms with E-state index in [1.165, 1.54) is 17.7 Å². The maximum absolute atomic E-state index is 12.7. The highest BCUT2D eigenvalue weighted by Crippen LogP contribution is 2.04. The largest absolute Gasteiger partial charge is 0.312 e. The van der Waals surface area contributed by atoms with Crippen LogP contribution in [-0.2, 0) is 13.0 Å². The monoisotopic (exact) mass is 233 g/mol. The minimum Gasteiger partial charge on any atom is -0.312 e. The van der Waals surface area contributed by atoms with Crippen molar-refractivity contribution in [3.63, 3.8) is 0 Å². The lowest BCUT2D eigenvalue weighted by Crippen LogP contribution is -2.16. The lowest BCUT2D eigenvalue weighted by atomic mass is 10.1. The Bertz CT molecular complexity index is 462. The Morgan fingerprint density at radius 3 is 2.71 bits per heavy atom. The molecule has 1 aromatic carbocycles. The molecule has 90 valence electrons. The molecule has 0 atom stereocenters. The summed E-state index contributed by atoms with van der Waals surface area (Å²) >= 11 is 0. The molecule has 0 radical (unpaired) electrons. The van der Waals surface area contributed by atoms with Gasteiger partial charge >= 0.3 is 0 Å². The Labute approximate surface area is 100 Å². The second-order valence-corrected chi connectivity index (χ2v) is 4.07. The molecule has 1 heterocycles. The summed E-state index contributed by atoms with van der Waals surface area (Å²) < 4.78 is 12.7. The Kier molecular flexibility index (Phi) is 3.88. The van der Waals surface area contributed by atoms with Gasteiger partial charge in [0.2, 0.25) is 0 Å². The molecule has 0 saturated heterocycles. The first kappa shape index (κ1) is 11.8. The van der Waals surface area contributed by atoms with E-state index in [-0.39, 0.29) is 5.82 Å². The topological polar surface area (TPSA) is 40.7 Å². The second-order valence-electron chi connectivity index (χ2n) is 4.07. The first-order chi connectivity index (χ1) is 8.25. The maximum Gasteiger partial charge on any atom is 0.123 e. The van der Waals surface area contributed by atoms with Crippen LogP contribution in [0.5, 0.6) is 0 Å². The summed E-state index contributed by atoms with van der Waals surface area (Å²) in [5, 5.41) is 10.2. The van der Waals surface area contributed by atoms with Gasteiger partial charge in [0.25, 0.3) is 0 Å². The Morgan fingerprint density at radius 2 is 2.06 bits per heavy atom. The fourth-order valence-corrected chi connectivity index (χ4v) is 1.66. The Morgan fingerprint density at radius 1 is 1.29 bits per heavy atom. The van der Waals surface area contributed by atoms with Crippen molar-refractivity contribution in [2.24, 2.45) is 0 Å². The minimum absolute atomic E-state index is 0.185. The van der Waals surface area contributed by atoms with Gasteiger partial charge in [-0.1, -0.05) is 12.1 Å². The number of aromatic nitrogens is 2. The molecule has 4 heteroatoms. The molecular weight excluding hydrogens is 217 g/mol. The minimum atomic E-state index is -0.185. The number of rotatable bonds is 5. The molecule has 1 aromatic heterocycles. The molecule has 2 rings (SSSR count). The van der Waals surface area contributed by atoms with E-state index in [1.807, 2.05) is 25.3 Å². The molecular formula is C13H16FN3. The third kappa shape index (κ3) is 3.39. The number of benzene rings is 1. The van der Waals surface area contributed by atoms with Crippen LogP contribution < -0.4 is 5.32 Å². The van der Waals surface area contributed by atoms with E-state index < -0.39 is 0 Å². The first-order valence-electron chi connectivity index (χ1n) is 5.70. The summed E-state index contributed by atoms with van der Waals surface area (Å²) in [6.45, 7) is 3.68. The van der Waals surface area contributed by atoms with Gasteiger partial charge in [-0.15, -0.1) is 0 Å². The highest BCUT2D eigenvalue weighted by atomic mass is 19.1. The molecule has 0 aliphatic heterocycles. The summed E-state index contributed by atoms with van der Waals surface area (Å²) in [6.07, 6.45) is 2.73. The van der Waals surface area contributed by atoms with Crippen LogP contribution in [0.3, 0.4) is 0 Å². The average Bonchev–Trinajstić information content (AvgIpc) is 2.73. The zero-order valence-electron chi connectivity index (χ0n) is 9.83. The van der Waals surface area contributed by atoms with Crippen LogP contribution >= 0.6 is 0 Å². The normalized spacial score (nSPS) is 10.7. The van der Waals surface area contributed by atoms with E-state index in [0.29, 0.717) is 0 Å². The summed E-state index contributed by atoms with van der Waals surface area (Å²) in [7, 11) is 0. The fraction of sp³-hybridized carbons (Fsp3) is 0.308. The van der Waals surface area contributed by atoms with Gasteiger partial charge in [-0.05, 0) is 37.6 Å². The van der Waals surface area contributed by atoms with Crippen molar-refractivity contribution in [1.29, 1.82) is 0 Å². The van der Waals surface area contributed by atoms with Gasteiger partial charge in [-0.3, -0.25) is 5.10 Å². The second kappa shape index (κ2) is 5.59. The van der Waals surface area contributed by atoms with E-state index in [9.17, 15) is 4.39 Å². The number of H-pyrrole nitrogens is 1. The van der Waals surface area contributed by atoms with E-state index in [0.717, 1.165) is 30.8 Å². The number of hydrogen-bond donors (Lipinski definition) is 2. The van der Waals surface area contributed by atoms with Crippen molar-refractivity contribution in [1.82, 2.24) is 15.5 Å². The molecule has 0 spiro atoms. The van der Waals surface area contributed by atoms with Gasteiger partial charge in [-0.25, -0.2) is 4.39 Å². The van der Waals surface area contributed by atoms with E-state index in [1.54, 1.807) is 0 Å². The number of halogens is 1. The molecule has 0 amide bonds. The van der Waals surface area contributed by atoms with Crippen molar-refractivity contribution in [3.05, 3.63) is 53.1 Å². The van der Waals surface area contributed by atoms with Gasteiger partial charge in [-0.2, -0.15) is 5.10 Å². The standard InChI is InChI=1S/C13H16FN3/c1-10-12(9-16-17-10)8-15-7-6-11-2-4-13(14)5-3-11/h2-5,9,15H,6-8H2,1H3,(H,16,17). The zero-order valence-corrected chi connectivity index (χ0v) is 9.83. The van der Waals surface area contributed by atoms with Crippen molar-refractivity contribution in [2.45, 2.75) is 19.9 Å². The van der Waals surface area contributed by atoms with E-state index in [4.69, 9.17) is 0 Å². The lowest BCUT2D eigenvalue weighted by molar-refractivity contribution is 0.626. The van der Waals surface area contributed by atoms with Crippen molar-refractivity contribution >= 4 is 0 Å². The molecule has 17 heavy (non-hydrogen) atoms. The van der Waals surface area contributed by atoms with Gasteiger partial charge in [0, 0.05) is 17.8 Å². The summed E-state index contributed by atoms with van der Waals surface area (Å²) in [5.41, 5.74) is 3.42. The summed E-state index contributed by atoms with van der Waals surface area (Å²) in [5.74, 6) is -0.185. The average molecular weight is 233 g/mol. The molecule has 3 nitrogen and oxygen atoms in total. The molecule has 2 N–H and O–H groups in total. The number of hydrogen-bond acceptors (Lipinski definition) is 2. The predicted molar refractivity (Wildman–Crippen MR) is 65.1 cm³/mol. The maximum atomic E-state index is 12.7. The van der Waals surface area contributed by atoms with Gasteiger partial charge < -0.3 is 5.32 Å². The van der Waals surface area contributed by atoms with E-state index in [2.05, 4.69) is 15.5 Å². The number of aryl methyl sites for hydroxylation is 1. The number of nitrogens with zero attached hydrogens (tertiary/aromatic N) is 1. The molecule has 0 saturated carbocycles. The quantitative estimate of drug-likeness (QED) is 0.777. The number of aromatic amines is 1.